The Morgan fingerprint density at radius 2 is 1.66 bits per heavy atom. The van der Waals surface area contributed by atoms with E-state index in [1.807, 2.05) is 0 Å². The average Bonchev–Trinajstić information content (AvgIpc) is 2.70. The predicted octanol–water partition coefficient (Wildman–Crippen LogP) is 4.53. The number of ether oxygens (including phenoxy) is 1. The van der Waals surface area contributed by atoms with Crippen LogP contribution < -0.4 is 9.57 Å². The Hall–Kier alpha value is -2.87. The van der Waals surface area contributed by atoms with Gasteiger partial charge in [0.25, 0.3) is 10.0 Å². The molecule has 0 saturated heterocycles. The lowest BCUT2D eigenvalue weighted by molar-refractivity contribution is 0.0735. The van der Waals surface area contributed by atoms with Gasteiger partial charge in [0.15, 0.2) is 0 Å². The number of carbonyl (C=O) groups excluding carboxylic acids is 1. The van der Waals surface area contributed by atoms with Crippen LogP contribution in [-0.2, 0) is 10.0 Å². The van der Waals surface area contributed by atoms with Gasteiger partial charge in [-0.2, -0.15) is 13.5 Å². The molecule has 3 aromatic carbocycles. The van der Waals surface area contributed by atoms with Crippen LogP contribution in [0.5, 0.6) is 5.75 Å². The van der Waals surface area contributed by atoms with Gasteiger partial charge in [0.1, 0.15) is 5.75 Å². The van der Waals surface area contributed by atoms with Crippen LogP contribution in [0.15, 0.2) is 82.8 Å². The van der Waals surface area contributed by atoms with Crippen molar-refractivity contribution in [2.75, 3.05) is 0 Å². The molecule has 0 aliphatic heterocycles. The van der Waals surface area contributed by atoms with Crippen molar-refractivity contribution < 1.29 is 17.9 Å². The first-order valence-electron chi connectivity index (χ1n) is 8.22. The number of nitrogens with zero attached hydrogens (tertiary/aromatic N) is 1. The lowest BCUT2D eigenvalue weighted by Gasteiger charge is -2.06. The molecule has 3 rings (SSSR count). The standard InChI is InChI=1S/C20H14Cl2N2O4S/c21-15-8-11-18(19(22)12-15)20(25)28-16-9-6-14(7-10-16)13-23-24-29(26,27)17-4-2-1-3-5-17/h1-13,24H/b23-13+. The van der Waals surface area contributed by atoms with Gasteiger partial charge < -0.3 is 4.74 Å². The Morgan fingerprint density at radius 3 is 2.31 bits per heavy atom. The molecule has 6 nitrogen and oxygen atoms in total. The number of hydrazone groups is 1. The smallest absolute Gasteiger partial charge is 0.345 e. The summed E-state index contributed by atoms with van der Waals surface area (Å²) in [6.07, 6.45) is 1.34. The van der Waals surface area contributed by atoms with Gasteiger partial charge in [-0.25, -0.2) is 9.63 Å². The first-order valence-corrected chi connectivity index (χ1v) is 10.5. The summed E-state index contributed by atoms with van der Waals surface area (Å²) in [4.78, 5) is 14.4. The molecule has 0 fully saturated rings. The fourth-order valence-corrected chi connectivity index (χ4v) is 3.56. The van der Waals surface area contributed by atoms with Crippen LogP contribution in [0.1, 0.15) is 15.9 Å². The van der Waals surface area contributed by atoms with Crippen LogP contribution in [0.3, 0.4) is 0 Å². The summed E-state index contributed by atoms with van der Waals surface area (Å²) >= 11 is 11.8. The molecule has 0 radical (unpaired) electrons. The van der Waals surface area contributed by atoms with Crippen molar-refractivity contribution in [1.82, 2.24) is 4.83 Å². The third kappa shape index (κ3) is 5.57. The highest BCUT2D eigenvalue weighted by Gasteiger charge is 2.13. The zero-order valence-corrected chi connectivity index (χ0v) is 17.1. The normalized spacial score (nSPS) is 11.4. The van der Waals surface area contributed by atoms with E-state index in [-0.39, 0.29) is 15.5 Å². The molecule has 0 spiro atoms. The van der Waals surface area contributed by atoms with Crippen LogP contribution in [0.25, 0.3) is 0 Å². The molecule has 9 heteroatoms. The summed E-state index contributed by atoms with van der Waals surface area (Å²) in [6.45, 7) is 0. The Balaban J connectivity index is 1.63. The molecule has 0 unspecified atom stereocenters. The summed E-state index contributed by atoms with van der Waals surface area (Å²) in [5.41, 5.74) is 0.794. The number of nitrogens with one attached hydrogen (secondary N) is 1. The summed E-state index contributed by atoms with van der Waals surface area (Å²) in [6, 6.07) is 18.7. The zero-order chi connectivity index (χ0) is 20.9. The van der Waals surface area contributed by atoms with Crippen LogP contribution in [0.4, 0.5) is 0 Å². The maximum atomic E-state index is 12.2. The van der Waals surface area contributed by atoms with Crippen molar-refractivity contribution in [3.05, 3.63) is 94.0 Å². The van der Waals surface area contributed by atoms with Crippen molar-refractivity contribution in [2.24, 2.45) is 5.10 Å². The third-order valence-corrected chi connectivity index (χ3v) is 5.47. The van der Waals surface area contributed by atoms with Crippen LogP contribution >= 0.6 is 23.2 Å². The van der Waals surface area contributed by atoms with Crippen molar-refractivity contribution in [3.63, 3.8) is 0 Å². The molecule has 0 saturated carbocycles. The maximum Gasteiger partial charge on any atom is 0.345 e. The topological polar surface area (TPSA) is 84.8 Å². The maximum absolute atomic E-state index is 12.2. The van der Waals surface area contributed by atoms with Gasteiger partial charge >= 0.3 is 5.97 Å². The number of carbonyl (C=O) groups is 1. The fourth-order valence-electron chi connectivity index (χ4n) is 2.26. The third-order valence-electron chi connectivity index (χ3n) is 3.68. The second-order valence-electron chi connectivity index (χ2n) is 5.75. The van der Waals surface area contributed by atoms with E-state index in [2.05, 4.69) is 9.93 Å². The lowest BCUT2D eigenvalue weighted by Crippen LogP contribution is -2.18. The summed E-state index contributed by atoms with van der Waals surface area (Å²) in [5, 5.41) is 4.35. The molecule has 0 heterocycles. The number of esters is 1. The minimum absolute atomic E-state index is 0.111. The molecule has 1 N–H and O–H groups in total. The van der Waals surface area contributed by atoms with E-state index < -0.39 is 16.0 Å². The van der Waals surface area contributed by atoms with Gasteiger partial charge in [0.05, 0.1) is 21.7 Å². The minimum Gasteiger partial charge on any atom is -0.423 e. The second kappa shape index (κ2) is 9.09. The minimum atomic E-state index is -3.73. The van der Waals surface area contributed by atoms with Gasteiger partial charge in [0.2, 0.25) is 0 Å². The molecule has 0 atom stereocenters. The van der Waals surface area contributed by atoms with Crippen molar-refractivity contribution >= 4 is 45.4 Å². The van der Waals surface area contributed by atoms with E-state index in [0.29, 0.717) is 16.3 Å². The molecule has 3 aromatic rings. The van der Waals surface area contributed by atoms with E-state index in [9.17, 15) is 13.2 Å². The monoisotopic (exact) mass is 448 g/mol. The predicted molar refractivity (Wildman–Crippen MR) is 112 cm³/mol. The first kappa shape index (κ1) is 20.9. The van der Waals surface area contributed by atoms with Gasteiger partial charge in [-0.3, -0.25) is 0 Å². The van der Waals surface area contributed by atoms with Crippen LogP contribution in [0, 0.1) is 0 Å². The summed E-state index contributed by atoms with van der Waals surface area (Å²) in [5.74, 6) is -0.327. The van der Waals surface area contributed by atoms with Crippen molar-refractivity contribution in [1.29, 1.82) is 0 Å². The number of hydrogen-bond acceptors (Lipinski definition) is 5. The van der Waals surface area contributed by atoms with Gasteiger partial charge in [0, 0.05) is 5.02 Å². The largest absolute Gasteiger partial charge is 0.423 e. The van der Waals surface area contributed by atoms with Crippen LogP contribution in [0.2, 0.25) is 10.0 Å². The van der Waals surface area contributed by atoms with Crippen molar-refractivity contribution in [3.8, 4) is 5.75 Å². The summed E-state index contributed by atoms with van der Waals surface area (Å²) in [7, 11) is -3.73. The Bertz CT molecular complexity index is 1150. The Labute approximate surface area is 177 Å². The molecule has 148 valence electrons. The number of halogens is 2. The van der Waals surface area contributed by atoms with Gasteiger partial charge in [-0.15, -0.1) is 0 Å². The van der Waals surface area contributed by atoms with Crippen molar-refractivity contribution in [2.45, 2.75) is 4.90 Å². The molecule has 29 heavy (non-hydrogen) atoms. The lowest BCUT2D eigenvalue weighted by atomic mass is 10.2. The first-order chi connectivity index (χ1) is 13.8. The highest BCUT2D eigenvalue weighted by atomic mass is 35.5. The summed E-state index contributed by atoms with van der Waals surface area (Å²) < 4.78 is 29.4. The molecule has 0 aliphatic rings. The highest BCUT2D eigenvalue weighted by Crippen LogP contribution is 2.23. The fraction of sp³-hybridized carbons (Fsp3) is 0. The Kier molecular flexibility index (Phi) is 6.53. The molecule has 0 aliphatic carbocycles. The second-order valence-corrected chi connectivity index (χ2v) is 8.25. The average molecular weight is 449 g/mol. The molecule has 0 bridgehead atoms. The van der Waals surface area contributed by atoms with Gasteiger partial charge in [-0.1, -0.05) is 41.4 Å². The zero-order valence-electron chi connectivity index (χ0n) is 14.7. The van der Waals surface area contributed by atoms with E-state index in [4.69, 9.17) is 27.9 Å². The van der Waals surface area contributed by atoms with E-state index in [0.717, 1.165) is 0 Å². The van der Waals surface area contributed by atoms with Crippen LogP contribution in [-0.4, -0.2) is 20.6 Å². The highest BCUT2D eigenvalue weighted by molar-refractivity contribution is 7.89. The molecule has 0 aromatic heterocycles. The molecular weight excluding hydrogens is 435 g/mol. The molecule has 0 amide bonds. The SMILES string of the molecule is O=C(Oc1ccc(/C=N/NS(=O)(=O)c2ccccc2)cc1)c1ccc(Cl)cc1Cl. The van der Waals surface area contributed by atoms with E-state index >= 15 is 0 Å². The Morgan fingerprint density at radius 1 is 0.966 bits per heavy atom. The molecular formula is C20H14Cl2N2O4S. The number of sulfonamides is 1. The quantitative estimate of drug-likeness (QED) is 0.260. The van der Waals surface area contributed by atoms with E-state index in [1.54, 1.807) is 48.5 Å². The van der Waals surface area contributed by atoms with E-state index in [1.165, 1.54) is 30.5 Å². The number of benzene rings is 3. The van der Waals surface area contributed by atoms with Gasteiger partial charge in [-0.05, 0) is 60.2 Å². The number of rotatable bonds is 6. The number of hydrogen-bond donors (Lipinski definition) is 1.